The predicted molar refractivity (Wildman–Crippen MR) is 102 cm³/mol. The SMILES string of the molecule is C(/CCNC1=NCCN1)=C1/c2ccccc2CSc2ccccc21. The molecule has 0 amide bonds. The van der Waals surface area contributed by atoms with Crippen LogP contribution >= 0.6 is 11.8 Å². The molecule has 122 valence electrons. The van der Waals surface area contributed by atoms with Gasteiger partial charge in [-0.2, -0.15) is 0 Å². The maximum Gasteiger partial charge on any atom is 0.191 e. The summed E-state index contributed by atoms with van der Waals surface area (Å²) < 4.78 is 0. The summed E-state index contributed by atoms with van der Waals surface area (Å²) in [5.74, 6) is 1.97. The fourth-order valence-corrected chi connectivity index (χ4v) is 4.24. The number of thioether (sulfide) groups is 1. The summed E-state index contributed by atoms with van der Waals surface area (Å²) in [6.45, 7) is 2.72. The van der Waals surface area contributed by atoms with E-state index < -0.39 is 0 Å². The van der Waals surface area contributed by atoms with Crippen molar-refractivity contribution >= 4 is 23.3 Å². The minimum atomic E-state index is 0.876. The molecule has 4 heteroatoms. The third-order valence-electron chi connectivity index (χ3n) is 4.33. The molecule has 0 spiro atoms. The molecule has 0 fully saturated rings. The summed E-state index contributed by atoms with van der Waals surface area (Å²) in [5, 5.41) is 6.63. The molecule has 2 aliphatic rings. The highest BCUT2D eigenvalue weighted by Gasteiger charge is 2.17. The molecule has 0 saturated carbocycles. The van der Waals surface area contributed by atoms with Gasteiger partial charge in [-0.3, -0.25) is 4.99 Å². The summed E-state index contributed by atoms with van der Waals surface area (Å²) in [7, 11) is 0. The number of nitrogens with one attached hydrogen (secondary N) is 2. The third kappa shape index (κ3) is 3.20. The quantitative estimate of drug-likeness (QED) is 0.841. The van der Waals surface area contributed by atoms with Crippen LogP contribution in [0.4, 0.5) is 0 Å². The van der Waals surface area contributed by atoms with Gasteiger partial charge in [0.2, 0.25) is 0 Å². The molecular weight excluding hydrogens is 314 g/mol. The van der Waals surface area contributed by atoms with Crippen molar-refractivity contribution in [3.63, 3.8) is 0 Å². The zero-order valence-electron chi connectivity index (χ0n) is 13.6. The lowest BCUT2D eigenvalue weighted by atomic mass is 9.93. The van der Waals surface area contributed by atoms with Crippen LogP contribution in [0.5, 0.6) is 0 Å². The lowest BCUT2D eigenvalue weighted by Crippen LogP contribution is -2.34. The summed E-state index contributed by atoms with van der Waals surface area (Å²) in [6, 6.07) is 17.5. The van der Waals surface area contributed by atoms with Gasteiger partial charge in [-0.05, 0) is 34.8 Å². The Bertz CT molecular complexity index is 745. The van der Waals surface area contributed by atoms with E-state index in [0.717, 1.165) is 37.8 Å². The van der Waals surface area contributed by atoms with Gasteiger partial charge in [-0.1, -0.05) is 48.5 Å². The number of guanidine groups is 1. The summed E-state index contributed by atoms with van der Waals surface area (Å²) in [6.07, 6.45) is 3.34. The van der Waals surface area contributed by atoms with Gasteiger partial charge in [0.05, 0.1) is 6.54 Å². The molecule has 2 heterocycles. The number of nitrogens with zero attached hydrogens (tertiary/aromatic N) is 1. The van der Waals surface area contributed by atoms with Crippen molar-refractivity contribution in [2.45, 2.75) is 17.1 Å². The van der Waals surface area contributed by atoms with Crippen LogP contribution in [0.3, 0.4) is 0 Å². The van der Waals surface area contributed by atoms with Gasteiger partial charge in [0.15, 0.2) is 5.96 Å². The van der Waals surface area contributed by atoms with Crippen molar-refractivity contribution in [3.8, 4) is 0 Å². The monoisotopic (exact) mass is 335 g/mol. The predicted octanol–water partition coefficient (Wildman–Crippen LogP) is 3.66. The highest BCUT2D eigenvalue weighted by atomic mass is 32.2. The first kappa shape index (κ1) is 15.3. The van der Waals surface area contributed by atoms with Crippen LogP contribution in [0, 0.1) is 0 Å². The van der Waals surface area contributed by atoms with E-state index in [-0.39, 0.29) is 0 Å². The summed E-state index contributed by atoms with van der Waals surface area (Å²) in [5.41, 5.74) is 5.49. The van der Waals surface area contributed by atoms with Gasteiger partial charge in [-0.15, -0.1) is 11.8 Å². The average Bonchev–Trinajstić information content (AvgIpc) is 3.09. The smallest absolute Gasteiger partial charge is 0.191 e. The maximum atomic E-state index is 4.38. The lowest BCUT2D eigenvalue weighted by Gasteiger charge is -2.12. The van der Waals surface area contributed by atoms with Gasteiger partial charge >= 0.3 is 0 Å². The van der Waals surface area contributed by atoms with Gasteiger partial charge in [0, 0.05) is 23.7 Å². The third-order valence-corrected chi connectivity index (χ3v) is 5.45. The first-order valence-electron chi connectivity index (χ1n) is 8.44. The van der Waals surface area contributed by atoms with Crippen molar-refractivity contribution in [3.05, 3.63) is 71.3 Å². The molecule has 0 unspecified atom stereocenters. The van der Waals surface area contributed by atoms with Crippen LogP contribution in [0.25, 0.3) is 5.57 Å². The first-order valence-corrected chi connectivity index (χ1v) is 9.43. The van der Waals surface area contributed by atoms with Crippen LogP contribution in [-0.2, 0) is 5.75 Å². The molecular formula is C20H21N3S. The van der Waals surface area contributed by atoms with Gasteiger partial charge in [-0.25, -0.2) is 0 Å². The standard InChI is InChI=1S/C20H21N3S/c1-2-7-16-15(6-1)14-24-19-10-4-3-8-18(19)17(16)9-5-11-21-20-22-12-13-23-20/h1-4,6-10H,5,11-14H2,(H2,21,22,23)/b17-9+. The fraction of sp³-hybridized carbons (Fsp3) is 0.250. The Morgan fingerprint density at radius 3 is 2.79 bits per heavy atom. The van der Waals surface area contributed by atoms with E-state index in [4.69, 9.17) is 0 Å². The van der Waals surface area contributed by atoms with Gasteiger partial charge < -0.3 is 10.6 Å². The molecule has 0 atom stereocenters. The number of fused-ring (bicyclic) bond motifs is 2. The molecule has 0 aliphatic carbocycles. The Hall–Kier alpha value is -2.20. The van der Waals surface area contributed by atoms with Gasteiger partial charge in [0.25, 0.3) is 0 Å². The topological polar surface area (TPSA) is 36.4 Å². The molecule has 2 aliphatic heterocycles. The second-order valence-corrected chi connectivity index (χ2v) is 6.95. The Labute approximate surface area is 147 Å². The van der Waals surface area contributed by atoms with Crippen LogP contribution in [0.15, 0.2) is 64.5 Å². The molecule has 0 saturated heterocycles. The lowest BCUT2D eigenvalue weighted by molar-refractivity contribution is 0.854. The molecule has 0 aromatic heterocycles. The van der Waals surface area contributed by atoms with Gasteiger partial charge in [0.1, 0.15) is 0 Å². The van der Waals surface area contributed by atoms with Crippen molar-refractivity contribution in [2.24, 2.45) is 4.99 Å². The van der Waals surface area contributed by atoms with Crippen molar-refractivity contribution in [1.82, 2.24) is 10.6 Å². The molecule has 2 N–H and O–H groups in total. The normalized spacial score (nSPS) is 17.5. The second-order valence-electron chi connectivity index (χ2n) is 5.93. The average molecular weight is 335 g/mol. The molecule has 3 nitrogen and oxygen atoms in total. The number of rotatable bonds is 3. The molecule has 2 aromatic carbocycles. The number of aliphatic imine (C=N–C) groups is 1. The van der Waals surface area contributed by atoms with Crippen LogP contribution in [0.2, 0.25) is 0 Å². The zero-order valence-corrected chi connectivity index (χ0v) is 14.4. The number of benzene rings is 2. The molecule has 2 aromatic rings. The van der Waals surface area contributed by atoms with Crippen LogP contribution in [-0.4, -0.2) is 25.6 Å². The largest absolute Gasteiger partial charge is 0.356 e. The van der Waals surface area contributed by atoms with E-state index in [1.165, 1.54) is 27.2 Å². The first-order chi connectivity index (χ1) is 11.9. The number of hydrogen-bond acceptors (Lipinski definition) is 4. The second kappa shape index (κ2) is 7.14. The van der Waals surface area contributed by atoms with Crippen molar-refractivity contribution in [2.75, 3.05) is 19.6 Å². The molecule has 4 rings (SSSR count). The molecule has 0 radical (unpaired) electrons. The Balaban J connectivity index is 1.61. The molecule has 0 bridgehead atoms. The maximum absolute atomic E-state index is 4.38. The van der Waals surface area contributed by atoms with E-state index in [9.17, 15) is 0 Å². The Morgan fingerprint density at radius 2 is 1.92 bits per heavy atom. The van der Waals surface area contributed by atoms with E-state index in [1.807, 2.05) is 11.8 Å². The van der Waals surface area contributed by atoms with E-state index in [1.54, 1.807) is 0 Å². The van der Waals surface area contributed by atoms with E-state index in [2.05, 4.69) is 70.2 Å². The van der Waals surface area contributed by atoms with E-state index >= 15 is 0 Å². The minimum absolute atomic E-state index is 0.876. The number of hydrogen-bond donors (Lipinski definition) is 2. The fourth-order valence-electron chi connectivity index (χ4n) is 3.17. The summed E-state index contributed by atoms with van der Waals surface area (Å²) in [4.78, 5) is 5.75. The van der Waals surface area contributed by atoms with Crippen LogP contribution in [0.1, 0.15) is 23.1 Å². The van der Waals surface area contributed by atoms with Crippen molar-refractivity contribution < 1.29 is 0 Å². The van der Waals surface area contributed by atoms with E-state index in [0.29, 0.717) is 0 Å². The molecule has 24 heavy (non-hydrogen) atoms. The van der Waals surface area contributed by atoms with Crippen LogP contribution < -0.4 is 10.6 Å². The Morgan fingerprint density at radius 1 is 1.08 bits per heavy atom. The Kier molecular flexibility index (Phi) is 4.56. The highest BCUT2D eigenvalue weighted by Crippen LogP contribution is 2.39. The zero-order chi connectivity index (χ0) is 16.2. The van der Waals surface area contributed by atoms with Crippen molar-refractivity contribution in [1.29, 1.82) is 0 Å². The minimum Gasteiger partial charge on any atom is -0.356 e. The highest BCUT2D eigenvalue weighted by molar-refractivity contribution is 7.98. The summed E-state index contributed by atoms with van der Waals surface area (Å²) >= 11 is 1.93.